The van der Waals surface area contributed by atoms with Crippen molar-refractivity contribution in [2.45, 2.75) is 36.6 Å². The Morgan fingerprint density at radius 3 is 2.49 bits per heavy atom. The third kappa shape index (κ3) is 5.34. The van der Waals surface area contributed by atoms with Crippen molar-refractivity contribution in [3.05, 3.63) is 72.2 Å². The van der Waals surface area contributed by atoms with Crippen LogP contribution in [0, 0.1) is 11.8 Å². The average molecular weight is 556 g/mol. The van der Waals surface area contributed by atoms with Gasteiger partial charge in [-0.1, -0.05) is 31.3 Å². The summed E-state index contributed by atoms with van der Waals surface area (Å²) in [6, 6.07) is 15.8. The van der Waals surface area contributed by atoms with Gasteiger partial charge in [-0.15, -0.1) is 11.8 Å². The van der Waals surface area contributed by atoms with Crippen LogP contribution < -0.4 is 4.90 Å². The molecule has 3 heterocycles. The van der Waals surface area contributed by atoms with Gasteiger partial charge in [0.05, 0.1) is 27.9 Å². The SMILES string of the molecule is CSc1cccc2sc(N(Cc3ccco3)C(=O)c3ccc(S(=O)(=O)N4CC(C)CC(C)C4)cc3)nc12. The fourth-order valence-corrected chi connectivity index (χ4v) is 8.15. The Hall–Kier alpha value is -2.66. The van der Waals surface area contributed by atoms with Gasteiger partial charge in [-0.3, -0.25) is 9.69 Å². The first-order valence-corrected chi connectivity index (χ1v) is 15.6. The average Bonchev–Trinajstić information content (AvgIpc) is 3.56. The number of carbonyl (C=O) groups excluding carboxylic acids is 1. The molecular formula is C27H29N3O4S3. The molecule has 0 aliphatic carbocycles. The molecule has 2 aromatic carbocycles. The number of nitrogens with zero attached hydrogens (tertiary/aromatic N) is 3. The fourth-order valence-electron chi connectivity index (χ4n) is 4.85. The molecule has 2 unspecified atom stereocenters. The Labute approximate surface area is 225 Å². The van der Waals surface area contributed by atoms with Crippen LogP contribution in [0.3, 0.4) is 0 Å². The standard InChI is InChI=1S/C27H29N3O4S3/c1-18-14-19(2)16-29(15-18)37(32,33)22-11-9-20(10-12-22)26(31)30(17-21-6-5-13-34-21)27-28-25-23(35-3)7-4-8-24(25)36-27/h4-13,18-19H,14-17H2,1-3H3. The summed E-state index contributed by atoms with van der Waals surface area (Å²) in [7, 11) is -3.63. The number of hydrogen-bond donors (Lipinski definition) is 0. The van der Waals surface area contributed by atoms with Gasteiger partial charge in [0.1, 0.15) is 5.76 Å². The molecule has 2 aromatic heterocycles. The summed E-state index contributed by atoms with van der Waals surface area (Å²) >= 11 is 3.05. The number of hydrogen-bond acceptors (Lipinski definition) is 7. The topological polar surface area (TPSA) is 83.7 Å². The van der Waals surface area contributed by atoms with Crippen LogP contribution in [0.1, 0.15) is 36.4 Å². The van der Waals surface area contributed by atoms with E-state index in [-0.39, 0.29) is 17.3 Å². The molecule has 0 bridgehead atoms. The monoisotopic (exact) mass is 555 g/mol. The van der Waals surface area contributed by atoms with Crippen LogP contribution >= 0.6 is 23.1 Å². The molecule has 10 heteroatoms. The summed E-state index contributed by atoms with van der Waals surface area (Å²) in [6.07, 6.45) is 4.60. The molecule has 0 N–H and O–H groups in total. The third-order valence-corrected chi connectivity index (χ3v) is 10.2. The highest BCUT2D eigenvalue weighted by atomic mass is 32.2. The molecule has 5 rings (SSSR count). The zero-order valence-electron chi connectivity index (χ0n) is 21.0. The number of benzene rings is 2. The van der Waals surface area contributed by atoms with Crippen molar-refractivity contribution in [3.63, 3.8) is 0 Å². The molecule has 37 heavy (non-hydrogen) atoms. The lowest BCUT2D eigenvalue weighted by atomic mass is 9.94. The smallest absolute Gasteiger partial charge is 0.260 e. The molecule has 1 amide bonds. The Morgan fingerprint density at radius 2 is 1.84 bits per heavy atom. The number of furan rings is 1. The summed E-state index contributed by atoms with van der Waals surface area (Å²) in [4.78, 5) is 21.4. The normalized spacial score (nSPS) is 18.8. The Balaban J connectivity index is 1.46. The minimum absolute atomic E-state index is 0.201. The first-order chi connectivity index (χ1) is 17.8. The van der Waals surface area contributed by atoms with E-state index in [2.05, 4.69) is 13.8 Å². The van der Waals surface area contributed by atoms with Crippen LogP contribution in [-0.4, -0.2) is 43.0 Å². The number of amides is 1. The Kier molecular flexibility index (Phi) is 7.44. The van der Waals surface area contributed by atoms with Gasteiger partial charge >= 0.3 is 0 Å². The maximum Gasteiger partial charge on any atom is 0.260 e. The van der Waals surface area contributed by atoms with Crippen molar-refractivity contribution in [2.75, 3.05) is 24.2 Å². The number of thiazole rings is 1. The first kappa shape index (κ1) is 26.0. The number of rotatable bonds is 7. The van der Waals surface area contributed by atoms with Crippen LogP contribution in [-0.2, 0) is 16.6 Å². The molecule has 1 fully saturated rings. The summed E-state index contributed by atoms with van der Waals surface area (Å²) in [5.74, 6) is 0.987. The van der Waals surface area contributed by atoms with Crippen LogP contribution in [0.25, 0.3) is 10.2 Å². The summed E-state index contributed by atoms with van der Waals surface area (Å²) < 4.78 is 34.7. The van der Waals surface area contributed by atoms with Gasteiger partial charge in [-0.05, 0) is 73.0 Å². The lowest BCUT2D eigenvalue weighted by molar-refractivity contribution is 0.0983. The van der Waals surface area contributed by atoms with E-state index in [0.29, 0.717) is 41.4 Å². The number of para-hydroxylation sites is 1. The molecule has 0 saturated carbocycles. The highest BCUT2D eigenvalue weighted by Crippen LogP contribution is 2.35. The van der Waals surface area contributed by atoms with Gasteiger partial charge in [0, 0.05) is 23.5 Å². The van der Waals surface area contributed by atoms with Gasteiger partial charge in [-0.2, -0.15) is 4.31 Å². The summed E-state index contributed by atoms with van der Waals surface area (Å²) in [6.45, 7) is 5.40. The molecule has 7 nitrogen and oxygen atoms in total. The number of carbonyl (C=O) groups is 1. The van der Waals surface area contributed by atoms with E-state index in [0.717, 1.165) is 21.5 Å². The predicted octanol–water partition coefficient (Wildman–Crippen LogP) is 6.12. The maximum atomic E-state index is 13.7. The van der Waals surface area contributed by atoms with E-state index in [1.54, 1.807) is 45.4 Å². The van der Waals surface area contributed by atoms with Crippen molar-refractivity contribution in [1.29, 1.82) is 0 Å². The van der Waals surface area contributed by atoms with Gasteiger partial charge < -0.3 is 4.42 Å². The molecule has 1 saturated heterocycles. The van der Waals surface area contributed by atoms with Gasteiger partial charge in [-0.25, -0.2) is 13.4 Å². The van der Waals surface area contributed by atoms with Gasteiger partial charge in [0.2, 0.25) is 10.0 Å². The Bertz CT molecular complexity index is 1490. The minimum Gasteiger partial charge on any atom is -0.467 e. The minimum atomic E-state index is -3.63. The number of piperidine rings is 1. The zero-order chi connectivity index (χ0) is 26.2. The largest absolute Gasteiger partial charge is 0.467 e. The second-order valence-corrected chi connectivity index (χ2v) is 13.4. The molecule has 194 valence electrons. The molecular weight excluding hydrogens is 527 g/mol. The second kappa shape index (κ2) is 10.6. The van der Waals surface area contributed by atoms with E-state index in [9.17, 15) is 13.2 Å². The lowest BCUT2D eigenvalue weighted by Crippen LogP contribution is -2.42. The van der Waals surface area contributed by atoms with E-state index in [4.69, 9.17) is 9.40 Å². The van der Waals surface area contributed by atoms with Crippen molar-refractivity contribution >= 4 is 54.4 Å². The molecule has 1 aliphatic heterocycles. The summed E-state index contributed by atoms with van der Waals surface area (Å²) in [5, 5.41) is 0.561. The highest BCUT2D eigenvalue weighted by Gasteiger charge is 2.32. The predicted molar refractivity (Wildman–Crippen MR) is 149 cm³/mol. The van der Waals surface area contributed by atoms with Crippen LogP contribution in [0.15, 0.2) is 75.1 Å². The summed E-state index contributed by atoms with van der Waals surface area (Å²) in [5.41, 5.74) is 1.24. The van der Waals surface area contributed by atoms with Gasteiger partial charge in [0.25, 0.3) is 5.91 Å². The lowest BCUT2D eigenvalue weighted by Gasteiger charge is -2.34. The fraction of sp³-hybridized carbons (Fsp3) is 0.333. The van der Waals surface area contributed by atoms with Crippen molar-refractivity contribution in [1.82, 2.24) is 9.29 Å². The molecule has 4 aromatic rings. The Morgan fingerprint density at radius 1 is 1.11 bits per heavy atom. The number of aromatic nitrogens is 1. The zero-order valence-corrected chi connectivity index (χ0v) is 23.4. The number of fused-ring (bicyclic) bond motifs is 1. The van der Waals surface area contributed by atoms with E-state index < -0.39 is 10.0 Å². The van der Waals surface area contributed by atoms with E-state index in [1.807, 2.05) is 30.5 Å². The van der Waals surface area contributed by atoms with Gasteiger partial charge in [0.15, 0.2) is 5.13 Å². The second-order valence-electron chi connectivity index (χ2n) is 9.57. The van der Waals surface area contributed by atoms with Crippen LogP contribution in [0.2, 0.25) is 0 Å². The van der Waals surface area contributed by atoms with Crippen molar-refractivity contribution < 1.29 is 17.6 Å². The van der Waals surface area contributed by atoms with Crippen LogP contribution in [0.5, 0.6) is 0 Å². The van der Waals surface area contributed by atoms with Crippen molar-refractivity contribution in [2.24, 2.45) is 11.8 Å². The quantitative estimate of drug-likeness (QED) is 0.255. The molecule has 0 radical (unpaired) electrons. The first-order valence-electron chi connectivity index (χ1n) is 12.1. The number of anilines is 1. The van der Waals surface area contributed by atoms with Crippen LogP contribution in [0.4, 0.5) is 5.13 Å². The highest BCUT2D eigenvalue weighted by molar-refractivity contribution is 7.98. The number of sulfonamides is 1. The molecule has 1 aliphatic rings. The number of thioether (sulfide) groups is 1. The third-order valence-electron chi connectivity index (χ3n) is 6.54. The van der Waals surface area contributed by atoms with E-state index >= 15 is 0 Å². The maximum absolute atomic E-state index is 13.7. The van der Waals surface area contributed by atoms with Crippen molar-refractivity contribution in [3.8, 4) is 0 Å². The van der Waals surface area contributed by atoms with E-state index in [1.165, 1.54) is 23.5 Å². The molecule has 2 atom stereocenters. The molecule has 0 spiro atoms.